The number of hydrogen-bond acceptors (Lipinski definition) is 1. The number of nitrogens with two attached hydrogens (primary N) is 1. The van der Waals surface area contributed by atoms with Gasteiger partial charge in [-0.3, -0.25) is 5.41 Å². The molecule has 0 aromatic heterocycles. The van der Waals surface area contributed by atoms with E-state index < -0.39 is 0 Å². The van der Waals surface area contributed by atoms with Crippen LogP contribution in [0.3, 0.4) is 0 Å². The zero-order valence-electron chi connectivity index (χ0n) is 5.20. The van der Waals surface area contributed by atoms with Crippen molar-refractivity contribution in [2.45, 2.75) is 19.8 Å². The summed E-state index contributed by atoms with van der Waals surface area (Å²) in [6.45, 7) is 5.63. The summed E-state index contributed by atoms with van der Waals surface area (Å²) in [5.41, 5.74) is 5.85. The van der Waals surface area contributed by atoms with Gasteiger partial charge in [-0.25, -0.2) is 0 Å². The molecule has 46 valence electrons. The topological polar surface area (TPSA) is 49.9 Å². The summed E-state index contributed by atoms with van der Waals surface area (Å²) in [4.78, 5) is 0. The van der Waals surface area contributed by atoms with Gasteiger partial charge >= 0.3 is 0 Å². The minimum atomic E-state index is 0.117. The highest BCUT2D eigenvalue weighted by molar-refractivity contribution is 5.93. The van der Waals surface area contributed by atoms with Gasteiger partial charge in [0.15, 0.2) is 0 Å². The molecule has 0 amide bonds. The number of rotatable bonds is 3. The Morgan fingerprint density at radius 3 is 2.38 bits per heavy atom. The Bertz CT molecular complexity index is 105. The van der Waals surface area contributed by atoms with Crippen molar-refractivity contribution in [2.24, 2.45) is 5.73 Å². The molecule has 0 fully saturated rings. The Kier molecular flexibility index (Phi) is 2.92. The van der Waals surface area contributed by atoms with E-state index in [1.165, 1.54) is 0 Å². The Labute approximate surface area is 49.9 Å². The van der Waals surface area contributed by atoms with Crippen LogP contribution in [0.5, 0.6) is 0 Å². The smallest absolute Gasteiger partial charge is 0.118 e. The van der Waals surface area contributed by atoms with Gasteiger partial charge in [0.25, 0.3) is 0 Å². The van der Waals surface area contributed by atoms with Crippen LogP contribution >= 0.6 is 0 Å². The van der Waals surface area contributed by atoms with E-state index in [0.29, 0.717) is 0 Å². The predicted octanol–water partition coefficient (Wildman–Crippen LogP) is 1.28. The van der Waals surface area contributed by atoms with Crippen LogP contribution in [-0.2, 0) is 0 Å². The lowest BCUT2D eigenvalue weighted by Crippen LogP contribution is -2.11. The average molecular weight is 112 g/mol. The van der Waals surface area contributed by atoms with Crippen molar-refractivity contribution in [1.29, 1.82) is 5.41 Å². The molecule has 2 heteroatoms. The molecule has 0 aromatic rings. The molecule has 0 bridgehead atoms. The average Bonchev–Trinajstić information content (AvgIpc) is 1.67. The van der Waals surface area contributed by atoms with E-state index in [1.807, 2.05) is 6.92 Å². The lowest BCUT2D eigenvalue weighted by atomic mass is 10.2. The monoisotopic (exact) mass is 112 g/mol. The van der Waals surface area contributed by atoms with Gasteiger partial charge in [0.2, 0.25) is 0 Å². The first-order valence-corrected chi connectivity index (χ1v) is 2.70. The van der Waals surface area contributed by atoms with Gasteiger partial charge in [-0.15, -0.1) is 0 Å². The van der Waals surface area contributed by atoms with Crippen LogP contribution in [-0.4, -0.2) is 5.84 Å². The maximum absolute atomic E-state index is 6.88. The molecule has 0 heterocycles. The van der Waals surface area contributed by atoms with Crippen LogP contribution in [0.15, 0.2) is 12.2 Å². The van der Waals surface area contributed by atoms with Crippen molar-refractivity contribution < 1.29 is 0 Å². The van der Waals surface area contributed by atoms with E-state index in [-0.39, 0.29) is 5.84 Å². The molecule has 0 radical (unpaired) electrons. The minimum Gasteiger partial charge on any atom is -0.384 e. The number of nitrogens with one attached hydrogen (secondary N) is 1. The van der Waals surface area contributed by atoms with Gasteiger partial charge in [-0.1, -0.05) is 19.9 Å². The molecule has 0 aliphatic carbocycles. The molecule has 2 nitrogen and oxygen atoms in total. The molecule has 0 rings (SSSR count). The van der Waals surface area contributed by atoms with Crippen molar-refractivity contribution in [1.82, 2.24) is 0 Å². The van der Waals surface area contributed by atoms with Crippen LogP contribution in [0.1, 0.15) is 19.8 Å². The Balaban J connectivity index is 3.49. The zero-order chi connectivity index (χ0) is 6.57. The molecule has 0 saturated carbocycles. The summed E-state index contributed by atoms with van der Waals surface area (Å²) in [5, 5.41) is 6.88. The highest BCUT2D eigenvalue weighted by Crippen LogP contribution is 1.98. The first-order chi connectivity index (χ1) is 3.68. The van der Waals surface area contributed by atoms with Gasteiger partial charge in [-0.2, -0.15) is 0 Å². The maximum Gasteiger partial charge on any atom is 0.118 e. The summed E-state index contributed by atoms with van der Waals surface area (Å²) in [7, 11) is 0. The van der Waals surface area contributed by atoms with Crippen LogP contribution in [0.4, 0.5) is 0 Å². The fourth-order valence-corrected chi connectivity index (χ4v) is 0.436. The molecule has 3 N–H and O–H groups in total. The van der Waals surface area contributed by atoms with Gasteiger partial charge < -0.3 is 5.73 Å². The van der Waals surface area contributed by atoms with Gasteiger partial charge in [0, 0.05) is 0 Å². The van der Waals surface area contributed by atoms with Crippen molar-refractivity contribution in [3.8, 4) is 0 Å². The van der Waals surface area contributed by atoms with Crippen LogP contribution in [0.2, 0.25) is 0 Å². The summed E-state index contributed by atoms with van der Waals surface area (Å²) >= 11 is 0. The lowest BCUT2D eigenvalue weighted by Gasteiger charge is -1.97. The lowest BCUT2D eigenvalue weighted by molar-refractivity contribution is 0.935. The van der Waals surface area contributed by atoms with E-state index in [4.69, 9.17) is 11.1 Å². The fraction of sp³-hybridized carbons (Fsp3) is 0.500. The summed E-state index contributed by atoms with van der Waals surface area (Å²) in [6, 6.07) is 0. The van der Waals surface area contributed by atoms with E-state index in [1.54, 1.807) is 0 Å². The second-order valence-electron chi connectivity index (χ2n) is 1.77. The third-order valence-corrected chi connectivity index (χ3v) is 0.933. The second kappa shape index (κ2) is 3.24. The maximum atomic E-state index is 6.88. The van der Waals surface area contributed by atoms with Gasteiger partial charge in [0.1, 0.15) is 5.84 Å². The molecule has 0 aliphatic rings. The van der Waals surface area contributed by atoms with E-state index in [2.05, 4.69) is 6.58 Å². The highest BCUT2D eigenvalue weighted by Gasteiger charge is 1.92. The molecule has 0 spiro atoms. The molecule has 0 unspecified atom stereocenters. The van der Waals surface area contributed by atoms with Crippen LogP contribution in [0, 0.1) is 5.41 Å². The fourth-order valence-electron chi connectivity index (χ4n) is 0.436. The summed E-state index contributed by atoms with van der Waals surface area (Å²) in [6.07, 6.45) is 1.85. The van der Waals surface area contributed by atoms with E-state index >= 15 is 0 Å². The third kappa shape index (κ3) is 2.39. The van der Waals surface area contributed by atoms with E-state index in [0.717, 1.165) is 18.4 Å². The summed E-state index contributed by atoms with van der Waals surface area (Å²) in [5.74, 6) is 0.117. The van der Waals surface area contributed by atoms with Crippen molar-refractivity contribution in [3.63, 3.8) is 0 Å². The molecule has 0 saturated heterocycles. The van der Waals surface area contributed by atoms with Crippen molar-refractivity contribution in [3.05, 3.63) is 12.2 Å². The number of amidine groups is 1. The minimum absolute atomic E-state index is 0.117. The normalized spacial score (nSPS) is 8.62. The first-order valence-electron chi connectivity index (χ1n) is 2.70. The number of hydrogen-bond donors (Lipinski definition) is 2. The molecule has 8 heavy (non-hydrogen) atoms. The Morgan fingerprint density at radius 2 is 2.25 bits per heavy atom. The van der Waals surface area contributed by atoms with Crippen molar-refractivity contribution >= 4 is 5.84 Å². The van der Waals surface area contributed by atoms with Gasteiger partial charge in [0.05, 0.1) is 0 Å². The standard InChI is InChI=1S/C6H12N2/c1-3-4-5(2)6(7)8/h2-4H2,1H3,(H3,7,8). The zero-order valence-corrected chi connectivity index (χ0v) is 5.20. The van der Waals surface area contributed by atoms with Crippen LogP contribution in [0.25, 0.3) is 0 Å². The second-order valence-corrected chi connectivity index (χ2v) is 1.77. The quantitative estimate of drug-likeness (QED) is 0.419. The Morgan fingerprint density at radius 1 is 1.75 bits per heavy atom. The van der Waals surface area contributed by atoms with Crippen molar-refractivity contribution in [2.75, 3.05) is 0 Å². The Hall–Kier alpha value is -0.790. The molecular weight excluding hydrogens is 100 g/mol. The third-order valence-electron chi connectivity index (χ3n) is 0.933. The van der Waals surface area contributed by atoms with Gasteiger partial charge in [-0.05, 0) is 12.0 Å². The first kappa shape index (κ1) is 7.21. The largest absolute Gasteiger partial charge is 0.384 e. The SMILES string of the molecule is C=C(CCC)C(=N)N. The predicted molar refractivity (Wildman–Crippen MR) is 36.0 cm³/mol. The molecule has 0 atom stereocenters. The molecule has 0 aliphatic heterocycles. The molecular formula is C6H12N2. The summed E-state index contributed by atoms with van der Waals surface area (Å²) < 4.78 is 0. The highest BCUT2D eigenvalue weighted by atomic mass is 14.7. The molecule has 0 aromatic carbocycles. The van der Waals surface area contributed by atoms with E-state index in [9.17, 15) is 0 Å². The van der Waals surface area contributed by atoms with Crippen LogP contribution < -0.4 is 5.73 Å².